The first-order valence-corrected chi connectivity index (χ1v) is 5.49. The molecule has 0 spiro atoms. The van der Waals surface area contributed by atoms with Gasteiger partial charge in [-0.25, -0.2) is 0 Å². The SMILES string of the molecule is CNC(=S)NCc1sccc1Br. The molecule has 0 aromatic carbocycles. The molecule has 0 atom stereocenters. The lowest BCUT2D eigenvalue weighted by atomic mass is 10.5. The van der Waals surface area contributed by atoms with Crippen molar-refractivity contribution in [1.29, 1.82) is 0 Å². The lowest BCUT2D eigenvalue weighted by Gasteiger charge is -2.04. The van der Waals surface area contributed by atoms with E-state index in [0.717, 1.165) is 11.0 Å². The monoisotopic (exact) mass is 264 g/mol. The van der Waals surface area contributed by atoms with Crippen LogP contribution >= 0.6 is 39.5 Å². The van der Waals surface area contributed by atoms with Crippen molar-refractivity contribution >= 4 is 44.6 Å². The zero-order valence-corrected chi connectivity index (χ0v) is 9.78. The predicted molar refractivity (Wildman–Crippen MR) is 60.5 cm³/mol. The van der Waals surface area contributed by atoms with E-state index < -0.39 is 0 Å². The van der Waals surface area contributed by atoms with Gasteiger partial charge >= 0.3 is 0 Å². The van der Waals surface area contributed by atoms with Crippen LogP contribution in [-0.2, 0) is 6.54 Å². The highest BCUT2D eigenvalue weighted by Gasteiger charge is 2.00. The molecule has 5 heteroatoms. The van der Waals surface area contributed by atoms with Crippen molar-refractivity contribution in [3.63, 3.8) is 0 Å². The molecule has 2 N–H and O–H groups in total. The van der Waals surface area contributed by atoms with E-state index in [4.69, 9.17) is 12.2 Å². The Labute approximate surface area is 89.5 Å². The highest BCUT2D eigenvalue weighted by Crippen LogP contribution is 2.21. The Morgan fingerprint density at radius 3 is 3.00 bits per heavy atom. The molecule has 1 aromatic rings. The predicted octanol–water partition coefficient (Wildman–Crippen LogP) is 2.10. The second-order valence-corrected chi connectivity index (χ2v) is 4.39. The molecular formula is C7H9BrN2S2. The third-order valence-corrected chi connectivity index (χ3v) is 3.60. The number of rotatable bonds is 2. The van der Waals surface area contributed by atoms with E-state index in [1.807, 2.05) is 11.4 Å². The fraction of sp³-hybridized carbons (Fsp3) is 0.286. The summed E-state index contributed by atoms with van der Waals surface area (Å²) in [5.74, 6) is 0. The Morgan fingerprint density at radius 1 is 1.75 bits per heavy atom. The molecule has 0 fully saturated rings. The zero-order chi connectivity index (χ0) is 8.97. The largest absolute Gasteiger partial charge is 0.366 e. The maximum absolute atomic E-state index is 4.94. The molecule has 1 aromatic heterocycles. The summed E-state index contributed by atoms with van der Waals surface area (Å²) in [6, 6.07) is 2.03. The molecule has 0 aliphatic rings. The Hall–Kier alpha value is -0.130. The number of hydrogen-bond acceptors (Lipinski definition) is 2. The van der Waals surface area contributed by atoms with Gasteiger partial charge in [-0.2, -0.15) is 0 Å². The highest BCUT2D eigenvalue weighted by atomic mass is 79.9. The number of thiophene rings is 1. The van der Waals surface area contributed by atoms with E-state index in [0.29, 0.717) is 5.11 Å². The first-order chi connectivity index (χ1) is 5.74. The average Bonchev–Trinajstić information content (AvgIpc) is 2.47. The third kappa shape index (κ3) is 2.73. The van der Waals surface area contributed by atoms with Crippen LogP contribution in [0.5, 0.6) is 0 Å². The van der Waals surface area contributed by atoms with Crippen LogP contribution in [0.2, 0.25) is 0 Å². The molecule has 2 nitrogen and oxygen atoms in total. The van der Waals surface area contributed by atoms with Gasteiger partial charge in [0, 0.05) is 16.4 Å². The summed E-state index contributed by atoms with van der Waals surface area (Å²) in [6.45, 7) is 0.776. The van der Waals surface area contributed by atoms with Gasteiger partial charge in [-0.1, -0.05) is 0 Å². The lowest BCUT2D eigenvalue weighted by Crippen LogP contribution is -2.31. The molecule has 12 heavy (non-hydrogen) atoms. The van der Waals surface area contributed by atoms with Gasteiger partial charge < -0.3 is 10.6 Å². The first-order valence-electron chi connectivity index (χ1n) is 3.41. The van der Waals surface area contributed by atoms with Gasteiger partial charge in [0.1, 0.15) is 0 Å². The van der Waals surface area contributed by atoms with E-state index >= 15 is 0 Å². The van der Waals surface area contributed by atoms with Crippen LogP contribution in [0.3, 0.4) is 0 Å². The summed E-state index contributed by atoms with van der Waals surface area (Å²) in [7, 11) is 1.80. The number of hydrogen-bond donors (Lipinski definition) is 2. The molecule has 0 bridgehead atoms. The fourth-order valence-electron chi connectivity index (χ4n) is 0.700. The zero-order valence-electron chi connectivity index (χ0n) is 6.56. The topological polar surface area (TPSA) is 24.1 Å². The maximum Gasteiger partial charge on any atom is 0.166 e. The van der Waals surface area contributed by atoms with E-state index in [9.17, 15) is 0 Å². The van der Waals surface area contributed by atoms with Gasteiger partial charge in [-0.3, -0.25) is 0 Å². The minimum atomic E-state index is 0.676. The minimum Gasteiger partial charge on any atom is -0.366 e. The molecule has 0 aliphatic heterocycles. The van der Waals surface area contributed by atoms with Gasteiger partial charge in [-0.15, -0.1) is 11.3 Å². The lowest BCUT2D eigenvalue weighted by molar-refractivity contribution is 0.903. The van der Waals surface area contributed by atoms with Gasteiger partial charge in [-0.05, 0) is 39.6 Å². The summed E-state index contributed by atoms with van der Waals surface area (Å²) in [4.78, 5) is 1.26. The summed E-state index contributed by atoms with van der Waals surface area (Å²) >= 11 is 10.1. The fourth-order valence-corrected chi connectivity index (χ4v) is 2.20. The second kappa shape index (κ2) is 4.79. The van der Waals surface area contributed by atoms with Crippen LogP contribution < -0.4 is 10.6 Å². The highest BCUT2D eigenvalue weighted by molar-refractivity contribution is 9.10. The van der Waals surface area contributed by atoms with Crippen LogP contribution in [0.4, 0.5) is 0 Å². The van der Waals surface area contributed by atoms with Gasteiger partial charge in [0.25, 0.3) is 0 Å². The van der Waals surface area contributed by atoms with Crippen molar-refractivity contribution in [3.05, 3.63) is 20.8 Å². The van der Waals surface area contributed by atoms with Crippen molar-refractivity contribution < 1.29 is 0 Å². The summed E-state index contributed by atoms with van der Waals surface area (Å²) in [5, 5.41) is 8.65. The van der Waals surface area contributed by atoms with Crippen LogP contribution in [0.25, 0.3) is 0 Å². The van der Waals surface area contributed by atoms with Crippen LogP contribution in [0, 0.1) is 0 Å². The standard InChI is InChI=1S/C7H9BrN2S2/c1-9-7(11)10-4-6-5(8)2-3-12-6/h2-3H,4H2,1H3,(H2,9,10,11). The molecule has 0 saturated heterocycles. The summed E-state index contributed by atoms with van der Waals surface area (Å²) < 4.78 is 1.14. The molecule has 0 aliphatic carbocycles. The number of halogens is 1. The molecule has 66 valence electrons. The van der Waals surface area contributed by atoms with Crippen molar-refractivity contribution in [2.45, 2.75) is 6.54 Å². The first kappa shape index (κ1) is 9.95. The molecule has 1 heterocycles. The van der Waals surface area contributed by atoms with Gasteiger partial charge in [0.05, 0.1) is 6.54 Å². The van der Waals surface area contributed by atoms with Crippen molar-refractivity contribution in [2.75, 3.05) is 7.05 Å². The van der Waals surface area contributed by atoms with Gasteiger partial charge in [0.15, 0.2) is 5.11 Å². The van der Waals surface area contributed by atoms with E-state index in [-0.39, 0.29) is 0 Å². The molecule has 1 rings (SSSR count). The number of nitrogens with one attached hydrogen (secondary N) is 2. The summed E-state index contributed by atoms with van der Waals surface area (Å²) in [6.07, 6.45) is 0. The minimum absolute atomic E-state index is 0.676. The van der Waals surface area contributed by atoms with E-state index in [2.05, 4.69) is 26.6 Å². The maximum atomic E-state index is 4.94. The molecule has 0 unspecified atom stereocenters. The Bertz CT molecular complexity index is 272. The molecule has 0 saturated carbocycles. The Balaban J connectivity index is 2.43. The van der Waals surface area contributed by atoms with Crippen LogP contribution in [-0.4, -0.2) is 12.2 Å². The van der Waals surface area contributed by atoms with Crippen molar-refractivity contribution in [1.82, 2.24) is 10.6 Å². The Morgan fingerprint density at radius 2 is 2.50 bits per heavy atom. The normalized spacial score (nSPS) is 9.50. The quantitative estimate of drug-likeness (QED) is 0.801. The summed E-state index contributed by atoms with van der Waals surface area (Å²) in [5.41, 5.74) is 0. The van der Waals surface area contributed by atoms with E-state index in [1.54, 1.807) is 18.4 Å². The third-order valence-electron chi connectivity index (χ3n) is 1.33. The smallest absolute Gasteiger partial charge is 0.166 e. The Kier molecular flexibility index (Phi) is 3.97. The van der Waals surface area contributed by atoms with E-state index in [1.165, 1.54) is 4.88 Å². The average molecular weight is 265 g/mol. The van der Waals surface area contributed by atoms with Crippen LogP contribution in [0.1, 0.15) is 4.88 Å². The van der Waals surface area contributed by atoms with Gasteiger partial charge in [0.2, 0.25) is 0 Å². The number of thiocarbonyl (C=S) groups is 1. The van der Waals surface area contributed by atoms with Crippen molar-refractivity contribution in [3.8, 4) is 0 Å². The molecular weight excluding hydrogens is 256 g/mol. The van der Waals surface area contributed by atoms with Crippen molar-refractivity contribution in [2.24, 2.45) is 0 Å². The van der Waals surface area contributed by atoms with Crippen LogP contribution in [0.15, 0.2) is 15.9 Å². The second-order valence-electron chi connectivity index (χ2n) is 2.12. The molecule has 0 radical (unpaired) electrons. The molecule has 0 amide bonds.